The van der Waals surface area contributed by atoms with Gasteiger partial charge in [0.2, 0.25) is 5.95 Å². The number of methoxy groups -OCH3 is 1. The smallest absolute Gasteiger partial charge is 0.229 e. The molecule has 1 heterocycles. The van der Waals surface area contributed by atoms with Crippen molar-refractivity contribution in [3.8, 4) is 17.0 Å². The summed E-state index contributed by atoms with van der Waals surface area (Å²) in [5, 5.41) is 6.68. The maximum absolute atomic E-state index is 5.91. The Labute approximate surface area is 172 Å². The fourth-order valence-electron chi connectivity index (χ4n) is 2.83. The summed E-state index contributed by atoms with van der Waals surface area (Å²) in [4.78, 5) is 9.36. The minimum Gasteiger partial charge on any atom is -0.489 e. The molecule has 6 heteroatoms. The number of nitrogens with zero attached hydrogens (tertiary/aromatic N) is 2. The van der Waals surface area contributed by atoms with Gasteiger partial charge in [0, 0.05) is 31.9 Å². The van der Waals surface area contributed by atoms with E-state index in [1.807, 2.05) is 74.5 Å². The Morgan fingerprint density at radius 2 is 1.72 bits per heavy atom. The molecule has 0 aliphatic heterocycles. The molecule has 0 saturated heterocycles. The molecule has 0 saturated carbocycles. The van der Waals surface area contributed by atoms with Gasteiger partial charge in [-0.2, -0.15) is 4.98 Å². The molecule has 0 aliphatic carbocycles. The molecule has 0 bridgehead atoms. The zero-order valence-electron chi connectivity index (χ0n) is 17.2. The van der Waals surface area contributed by atoms with Crippen LogP contribution >= 0.6 is 0 Å². The average molecular weight is 393 g/mol. The molecule has 29 heavy (non-hydrogen) atoms. The second-order valence-electron chi connectivity index (χ2n) is 6.89. The molecule has 6 nitrogen and oxygen atoms in total. The maximum atomic E-state index is 5.91. The molecule has 0 spiro atoms. The van der Waals surface area contributed by atoms with E-state index < -0.39 is 0 Å². The van der Waals surface area contributed by atoms with Crippen LogP contribution in [-0.2, 0) is 4.74 Å². The van der Waals surface area contributed by atoms with E-state index in [1.165, 1.54) is 0 Å². The van der Waals surface area contributed by atoms with E-state index in [0.29, 0.717) is 12.6 Å². The molecule has 0 amide bonds. The fourth-order valence-corrected chi connectivity index (χ4v) is 2.83. The normalized spacial score (nSPS) is 10.8. The largest absolute Gasteiger partial charge is 0.489 e. The van der Waals surface area contributed by atoms with Crippen molar-refractivity contribution in [2.45, 2.75) is 26.4 Å². The van der Waals surface area contributed by atoms with Crippen molar-refractivity contribution >= 4 is 17.5 Å². The van der Waals surface area contributed by atoms with Crippen molar-refractivity contribution in [3.63, 3.8) is 0 Å². The Morgan fingerprint density at radius 1 is 0.966 bits per heavy atom. The van der Waals surface area contributed by atoms with Crippen molar-refractivity contribution < 1.29 is 9.47 Å². The standard InChI is InChI=1S/C23H28N4O2/c1-17(2)29-21-13-8-7-12-19(21)25-23-26-20(18-10-5-4-6-11-18)16-22(27-23)24-14-9-15-28-3/h4-8,10-13,16-17H,9,14-15H2,1-3H3,(H2,24,25,26,27). The van der Waals surface area contributed by atoms with Gasteiger partial charge in [-0.15, -0.1) is 0 Å². The van der Waals surface area contributed by atoms with E-state index in [1.54, 1.807) is 7.11 Å². The number of ether oxygens (including phenoxy) is 2. The summed E-state index contributed by atoms with van der Waals surface area (Å²) in [5.41, 5.74) is 2.71. The van der Waals surface area contributed by atoms with Crippen LogP contribution in [0.3, 0.4) is 0 Å². The van der Waals surface area contributed by atoms with Crippen LogP contribution in [0.2, 0.25) is 0 Å². The van der Waals surface area contributed by atoms with Gasteiger partial charge in [-0.1, -0.05) is 42.5 Å². The van der Waals surface area contributed by atoms with Gasteiger partial charge >= 0.3 is 0 Å². The van der Waals surface area contributed by atoms with Crippen molar-refractivity contribution in [1.29, 1.82) is 0 Å². The molecule has 0 radical (unpaired) electrons. The molecule has 3 rings (SSSR count). The number of nitrogens with one attached hydrogen (secondary N) is 2. The maximum Gasteiger partial charge on any atom is 0.229 e. The van der Waals surface area contributed by atoms with Gasteiger partial charge < -0.3 is 20.1 Å². The Bertz CT molecular complexity index is 900. The van der Waals surface area contributed by atoms with Crippen molar-refractivity contribution in [2.75, 3.05) is 30.9 Å². The molecule has 0 unspecified atom stereocenters. The van der Waals surface area contributed by atoms with E-state index in [0.717, 1.165) is 41.5 Å². The van der Waals surface area contributed by atoms with Crippen LogP contribution in [0.25, 0.3) is 11.3 Å². The van der Waals surface area contributed by atoms with Crippen LogP contribution in [0, 0.1) is 0 Å². The average Bonchev–Trinajstić information content (AvgIpc) is 2.73. The highest BCUT2D eigenvalue weighted by molar-refractivity contribution is 5.68. The molecular formula is C23H28N4O2. The Kier molecular flexibility index (Phi) is 7.41. The highest BCUT2D eigenvalue weighted by atomic mass is 16.5. The van der Waals surface area contributed by atoms with Crippen LogP contribution < -0.4 is 15.4 Å². The number of hydrogen-bond donors (Lipinski definition) is 2. The Morgan fingerprint density at radius 3 is 2.48 bits per heavy atom. The third-order valence-electron chi connectivity index (χ3n) is 4.12. The molecule has 2 N–H and O–H groups in total. The van der Waals surface area contributed by atoms with Gasteiger partial charge in [-0.05, 0) is 32.4 Å². The lowest BCUT2D eigenvalue weighted by Crippen LogP contribution is -2.10. The first-order valence-corrected chi connectivity index (χ1v) is 9.85. The molecule has 1 aromatic heterocycles. The van der Waals surface area contributed by atoms with Crippen LogP contribution in [0.15, 0.2) is 60.7 Å². The lowest BCUT2D eigenvalue weighted by Gasteiger charge is -2.16. The minimum absolute atomic E-state index is 0.0764. The van der Waals surface area contributed by atoms with E-state index in [9.17, 15) is 0 Å². The van der Waals surface area contributed by atoms with Gasteiger partial charge in [-0.25, -0.2) is 4.98 Å². The Hall–Kier alpha value is -3.12. The van der Waals surface area contributed by atoms with Gasteiger partial charge in [0.15, 0.2) is 0 Å². The molecule has 0 aliphatic rings. The number of aromatic nitrogens is 2. The lowest BCUT2D eigenvalue weighted by molar-refractivity contribution is 0.198. The first-order valence-electron chi connectivity index (χ1n) is 9.85. The molecule has 3 aromatic rings. The predicted molar refractivity (Wildman–Crippen MR) is 118 cm³/mol. The fraction of sp³-hybridized carbons (Fsp3) is 0.304. The van der Waals surface area contributed by atoms with Gasteiger partial charge in [0.05, 0.1) is 17.5 Å². The van der Waals surface area contributed by atoms with Gasteiger partial charge in [0.1, 0.15) is 11.6 Å². The summed E-state index contributed by atoms with van der Waals surface area (Å²) in [6, 6.07) is 19.8. The number of hydrogen-bond acceptors (Lipinski definition) is 6. The quantitative estimate of drug-likeness (QED) is 0.467. The molecule has 0 fully saturated rings. The third kappa shape index (κ3) is 6.19. The first-order chi connectivity index (χ1) is 14.2. The SMILES string of the molecule is COCCCNc1cc(-c2ccccc2)nc(Nc2ccccc2OC(C)C)n1. The second kappa shape index (κ2) is 10.4. The van der Waals surface area contributed by atoms with Crippen molar-refractivity contribution in [2.24, 2.45) is 0 Å². The molecule has 2 aromatic carbocycles. The topological polar surface area (TPSA) is 68.3 Å². The monoisotopic (exact) mass is 392 g/mol. The van der Waals surface area contributed by atoms with E-state index in [4.69, 9.17) is 14.5 Å². The molecule has 152 valence electrons. The number of para-hydroxylation sites is 2. The summed E-state index contributed by atoms with van der Waals surface area (Å²) in [6.07, 6.45) is 0.974. The molecule has 0 atom stereocenters. The Balaban J connectivity index is 1.89. The van der Waals surface area contributed by atoms with E-state index >= 15 is 0 Å². The summed E-state index contributed by atoms with van der Waals surface area (Å²) >= 11 is 0. The molecular weight excluding hydrogens is 364 g/mol. The zero-order chi connectivity index (χ0) is 20.5. The lowest BCUT2D eigenvalue weighted by atomic mass is 10.1. The van der Waals surface area contributed by atoms with Crippen LogP contribution in [0.4, 0.5) is 17.5 Å². The van der Waals surface area contributed by atoms with Gasteiger partial charge in [0.25, 0.3) is 0 Å². The number of rotatable bonds is 10. The summed E-state index contributed by atoms with van der Waals surface area (Å²) in [6.45, 7) is 5.48. The van der Waals surface area contributed by atoms with Crippen molar-refractivity contribution in [3.05, 3.63) is 60.7 Å². The van der Waals surface area contributed by atoms with Crippen molar-refractivity contribution in [1.82, 2.24) is 9.97 Å². The summed E-state index contributed by atoms with van der Waals surface area (Å²) in [5.74, 6) is 2.05. The van der Waals surface area contributed by atoms with E-state index in [-0.39, 0.29) is 6.10 Å². The third-order valence-corrected chi connectivity index (χ3v) is 4.12. The second-order valence-corrected chi connectivity index (χ2v) is 6.89. The summed E-state index contributed by atoms with van der Waals surface area (Å²) < 4.78 is 11.0. The van der Waals surface area contributed by atoms with Crippen LogP contribution in [0.5, 0.6) is 5.75 Å². The first kappa shape index (κ1) is 20.6. The highest BCUT2D eigenvalue weighted by Gasteiger charge is 2.10. The highest BCUT2D eigenvalue weighted by Crippen LogP contribution is 2.29. The van der Waals surface area contributed by atoms with E-state index in [2.05, 4.69) is 15.6 Å². The van der Waals surface area contributed by atoms with Crippen LogP contribution in [-0.4, -0.2) is 36.3 Å². The number of anilines is 3. The number of benzene rings is 2. The summed E-state index contributed by atoms with van der Waals surface area (Å²) in [7, 11) is 1.71. The van der Waals surface area contributed by atoms with Gasteiger partial charge in [-0.3, -0.25) is 0 Å². The predicted octanol–water partition coefficient (Wildman–Crippen LogP) is 5.12. The zero-order valence-corrected chi connectivity index (χ0v) is 17.2. The van der Waals surface area contributed by atoms with Crippen LogP contribution in [0.1, 0.15) is 20.3 Å². The minimum atomic E-state index is 0.0764.